The first kappa shape index (κ1) is 12.2. The van der Waals surface area contributed by atoms with Crippen LogP contribution in [-0.2, 0) is 11.4 Å². The Kier molecular flexibility index (Phi) is 3.38. The van der Waals surface area contributed by atoms with Crippen molar-refractivity contribution in [3.63, 3.8) is 0 Å². The van der Waals surface area contributed by atoms with Crippen molar-refractivity contribution >= 4 is 23.2 Å². The van der Waals surface area contributed by atoms with E-state index in [0.717, 1.165) is 4.57 Å². The third kappa shape index (κ3) is 2.38. The van der Waals surface area contributed by atoms with E-state index in [9.17, 15) is 14.9 Å². The summed E-state index contributed by atoms with van der Waals surface area (Å²) in [6, 6.07) is 6.64. The molecule has 18 heavy (non-hydrogen) atoms. The second-order valence-corrected chi connectivity index (χ2v) is 3.73. The molecule has 0 saturated carbocycles. The minimum absolute atomic E-state index is 0.0347. The van der Waals surface area contributed by atoms with Crippen LogP contribution in [0.25, 0.3) is 11.0 Å². The maximum Gasteiger partial charge on any atom is 0.294 e. The predicted molar refractivity (Wildman–Crippen MR) is 64.3 cm³/mol. The van der Waals surface area contributed by atoms with Gasteiger partial charge in [-0.1, -0.05) is 12.1 Å². The topological polar surface area (TPSA) is 87.5 Å². The quantitative estimate of drug-likeness (QED) is 0.474. The summed E-state index contributed by atoms with van der Waals surface area (Å²) in [7, 11) is 0. The van der Waals surface area contributed by atoms with Crippen molar-refractivity contribution in [1.82, 2.24) is 4.57 Å². The van der Waals surface area contributed by atoms with Gasteiger partial charge in [-0.05, 0) is 24.4 Å². The molecule has 0 bridgehead atoms. The molecule has 94 valence electrons. The van der Waals surface area contributed by atoms with Crippen molar-refractivity contribution in [1.29, 1.82) is 0 Å². The molecule has 8 heteroatoms. The summed E-state index contributed by atoms with van der Waals surface area (Å²) in [6.07, 6.45) is 0. The monoisotopic (exact) mass is 268 g/mol. The standard InChI is InChI=1S/C10H8N2O5S/c13-9-7-3-1-2-4-8(7)17-10(18)11(9)5-6-16-12(14)15/h1-4H,5-6H2. The van der Waals surface area contributed by atoms with Crippen molar-refractivity contribution in [2.24, 2.45) is 0 Å². The van der Waals surface area contributed by atoms with E-state index in [0.29, 0.717) is 11.0 Å². The lowest BCUT2D eigenvalue weighted by molar-refractivity contribution is -0.758. The molecule has 0 radical (unpaired) electrons. The van der Waals surface area contributed by atoms with Gasteiger partial charge in [0.15, 0.2) is 0 Å². The first-order valence-corrected chi connectivity index (χ1v) is 5.40. The molecule has 0 N–H and O–H groups in total. The highest BCUT2D eigenvalue weighted by molar-refractivity contribution is 7.71. The lowest BCUT2D eigenvalue weighted by Crippen LogP contribution is -2.23. The van der Waals surface area contributed by atoms with Crippen molar-refractivity contribution in [3.8, 4) is 0 Å². The molecule has 0 atom stereocenters. The summed E-state index contributed by atoms with van der Waals surface area (Å²) in [6.45, 7) is -0.294. The zero-order valence-corrected chi connectivity index (χ0v) is 9.88. The molecule has 2 aromatic rings. The zero-order chi connectivity index (χ0) is 13.1. The third-order valence-corrected chi connectivity index (χ3v) is 2.60. The Morgan fingerprint density at radius 1 is 1.44 bits per heavy atom. The highest BCUT2D eigenvalue weighted by Gasteiger charge is 2.07. The molecule has 1 heterocycles. The summed E-state index contributed by atoms with van der Waals surface area (Å²) in [5, 5.41) is 9.46. The first-order valence-electron chi connectivity index (χ1n) is 4.99. The summed E-state index contributed by atoms with van der Waals surface area (Å²) in [5.74, 6) is 0. The maximum absolute atomic E-state index is 12.0. The molecule has 0 unspecified atom stereocenters. The molecule has 0 spiro atoms. The van der Waals surface area contributed by atoms with E-state index in [2.05, 4.69) is 4.84 Å². The average Bonchev–Trinajstić information content (AvgIpc) is 2.33. The Hall–Kier alpha value is -2.22. The average molecular weight is 268 g/mol. The van der Waals surface area contributed by atoms with Gasteiger partial charge in [-0.3, -0.25) is 9.36 Å². The van der Waals surface area contributed by atoms with E-state index < -0.39 is 5.09 Å². The van der Waals surface area contributed by atoms with E-state index in [1.807, 2.05) is 0 Å². The van der Waals surface area contributed by atoms with Crippen molar-refractivity contribution < 1.29 is 14.3 Å². The number of fused-ring (bicyclic) bond motifs is 1. The van der Waals surface area contributed by atoms with E-state index in [1.54, 1.807) is 24.3 Å². The van der Waals surface area contributed by atoms with Gasteiger partial charge in [-0.2, -0.15) is 0 Å². The number of benzene rings is 1. The van der Waals surface area contributed by atoms with E-state index >= 15 is 0 Å². The Balaban J connectivity index is 2.42. The number of hydrogen-bond acceptors (Lipinski definition) is 6. The van der Waals surface area contributed by atoms with Gasteiger partial charge in [-0.15, -0.1) is 10.1 Å². The molecule has 0 aliphatic heterocycles. The fourth-order valence-corrected chi connectivity index (χ4v) is 1.77. The van der Waals surface area contributed by atoms with Crippen LogP contribution in [-0.4, -0.2) is 16.3 Å². The molecular weight excluding hydrogens is 260 g/mol. The van der Waals surface area contributed by atoms with E-state index in [-0.39, 0.29) is 23.5 Å². The minimum Gasteiger partial charge on any atom is -0.431 e. The van der Waals surface area contributed by atoms with Gasteiger partial charge in [0.25, 0.3) is 15.5 Å². The van der Waals surface area contributed by atoms with Gasteiger partial charge >= 0.3 is 0 Å². The first-order chi connectivity index (χ1) is 8.59. The molecule has 0 fully saturated rings. The molecule has 2 rings (SSSR count). The van der Waals surface area contributed by atoms with Crippen LogP contribution < -0.4 is 5.56 Å². The maximum atomic E-state index is 12.0. The molecule has 0 aliphatic carbocycles. The summed E-state index contributed by atoms with van der Waals surface area (Å²) in [5.41, 5.74) is 0.0349. The highest BCUT2D eigenvalue weighted by atomic mass is 32.1. The van der Waals surface area contributed by atoms with E-state index in [4.69, 9.17) is 16.6 Å². The van der Waals surface area contributed by atoms with Gasteiger partial charge in [-0.25, -0.2) is 0 Å². The summed E-state index contributed by atoms with van der Waals surface area (Å²) >= 11 is 4.92. The summed E-state index contributed by atoms with van der Waals surface area (Å²) in [4.78, 5) is 26.2. The van der Waals surface area contributed by atoms with Gasteiger partial charge in [0.05, 0.1) is 11.9 Å². The zero-order valence-electron chi connectivity index (χ0n) is 9.07. The third-order valence-electron chi connectivity index (χ3n) is 2.29. The van der Waals surface area contributed by atoms with Crippen LogP contribution in [0.2, 0.25) is 0 Å². The van der Waals surface area contributed by atoms with Gasteiger partial charge in [0.1, 0.15) is 12.2 Å². The number of aromatic nitrogens is 1. The van der Waals surface area contributed by atoms with Gasteiger partial charge in [0.2, 0.25) is 0 Å². The fraction of sp³-hybridized carbons (Fsp3) is 0.200. The van der Waals surface area contributed by atoms with Crippen molar-refractivity contribution in [3.05, 3.63) is 49.6 Å². The molecular formula is C10H8N2O5S. The van der Waals surface area contributed by atoms with Gasteiger partial charge < -0.3 is 9.25 Å². The van der Waals surface area contributed by atoms with Crippen LogP contribution in [0.5, 0.6) is 0 Å². The molecule has 7 nitrogen and oxygen atoms in total. The number of para-hydroxylation sites is 1. The lowest BCUT2D eigenvalue weighted by atomic mass is 10.2. The predicted octanol–water partition coefficient (Wildman–Crippen LogP) is 1.53. The van der Waals surface area contributed by atoms with Crippen LogP contribution >= 0.6 is 12.2 Å². The fourth-order valence-electron chi connectivity index (χ4n) is 1.51. The number of rotatable bonds is 4. The van der Waals surface area contributed by atoms with Crippen LogP contribution in [0, 0.1) is 15.0 Å². The molecule has 0 saturated heterocycles. The van der Waals surface area contributed by atoms with Crippen molar-refractivity contribution in [2.45, 2.75) is 6.54 Å². The van der Waals surface area contributed by atoms with Crippen LogP contribution in [0.3, 0.4) is 0 Å². The minimum atomic E-state index is -0.924. The Morgan fingerprint density at radius 2 is 2.17 bits per heavy atom. The van der Waals surface area contributed by atoms with Crippen LogP contribution in [0.1, 0.15) is 0 Å². The SMILES string of the molecule is O=c1c2ccccc2oc(=S)n1CCO[N+](=O)[O-]. The van der Waals surface area contributed by atoms with Crippen molar-refractivity contribution in [2.75, 3.05) is 6.61 Å². The highest BCUT2D eigenvalue weighted by Crippen LogP contribution is 2.09. The Morgan fingerprint density at radius 3 is 2.89 bits per heavy atom. The van der Waals surface area contributed by atoms with E-state index in [1.165, 1.54) is 0 Å². The molecule has 1 aromatic carbocycles. The normalized spacial score (nSPS) is 10.4. The second kappa shape index (κ2) is 4.96. The smallest absolute Gasteiger partial charge is 0.294 e. The summed E-state index contributed by atoms with van der Waals surface area (Å²) < 4.78 is 6.41. The number of hydrogen-bond donors (Lipinski definition) is 0. The van der Waals surface area contributed by atoms with Gasteiger partial charge in [0, 0.05) is 0 Å². The molecule has 0 aliphatic rings. The van der Waals surface area contributed by atoms with Crippen LogP contribution in [0.4, 0.5) is 0 Å². The Labute approximate surface area is 105 Å². The Bertz CT molecular complexity index is 705. The lowest BCUT2D eigenvalue weighted by Gasteiger charge is -2.05. The van der Waals surface area contributed by atoms with Crippen LogP contribution in [0.15, 0.2) is 33.5 Å². The number of nitrogens with zero attached hydrogens (tertiary/aromatic N) is 2. The molecule has 0 amide bonds. The largest absolute Gasteiger partial charge is 0.431 e. The second-order valence-electron chi connectivity index (χ2n) is 3.38. The molecule has 1 aromatic heterocycles.